The third kappa shape index (κ3) is 3.08. The van der Waals surface area contributed by atoms with Gasteiger partial charge in [0.15, 0.2) is 0 Å². The fourth-order valence-corrected chi connectivity index (χ4v) is 3.70. The molecule has 116 valence electrons. The van der Waals surface area contributed by atoms with Gasteiger partial charge in [-0.2, -0.15) is 0 Å². The predicted molar refractivity (Wildman–Crippen MR) is 82.7 cm³/mol. The molecule has 0 aliphatic carbocycles. The van der Waals surface area contributed by atoms with E-state index in [4.69, 9.17) is 9.47 Å². The second kappa shape index (κ2) is 5.98. The summed E-state index contributed by atoms with van der Waals surface area (Å²) in [6, 6.07) is 13.6. The third-order valence-electron chi connectivity index (χ3n) is 3.55. The van der Waals surface area contributed by atoms with Gasteiger partial charge in [0, 0.05) is 0 Å². The second-order valence-corrected chi connectivity index (χ2v) is 6.83. The zero-order chi connectivity index (χ0) is 15.6. The minimum absolute atomic E-state index is 0.256. The first-order valence-corrected chi connectivity index (χ1v) is 8.44. The van der Waals surface area contributed by atoms with Gasteiger partial charge in [-0.25, -0.2) is 13.1 Å². The van der Waals surface area contributed by atoms with Crippen LogP contribution in [0, 0.1) is 0 Å². The van der Waals surface area contributed by atoms with Crippen LogP contribution in [0.25, 0.3) is 0 Å². The topological polar surface area (TPSA) is 64.6 Å². The molecule has 1 aliphatic rings. The van der Waals surface area contributed by atoms with Crippen molar-refractivity contribution >= 4 is 10.0 Å². The van der Waals surface area contributed by atoms with Gasteiger partial charge in [0.05, 0.1) is 18.0 Å². The van der Waals surface area contributed by atoms with Crippen molar-refractivity contribution in [1.29, 1.82) is 0 Å². The molecule has 0 bridgehead atoms. The number of nitrogens with one attached hydrogen (secondary N) is 1. The first kappa shape index (κ1) is 14.9. The molecular formula is C16H17NO4S. The van der Waals surface area contributed by atoms with Crippen LogP contribution in [0.2, 0.25) is 0 Å². The van der Waals surface area contributed by atoms with Crippen molar-refractivity contribution in [3.05, 3.63) is 54.1 Å². The molecule has 1 atom stereocenters. The summed E-state index contributed by atoms with van der Waals surface area (Å²) in [4.78, 5) is 0.256. The second-order valence-electron chi connectivity index (χ2n) is 5.12. The van der Waals surface area contributed by atoms with Gasteiger partial charge in [-0.15, -0.1) is 0 Å². The van der Waals surface area contributed by atoms with Gasteiger partial charge in [-0.3, -0.25) is 0 Å². The molecule has 6 heteroatoms. The molecule has 2 aromatic carbocycles. The Hall–Kier alpha value is -2.05. The summed E-state index contributed by atoms with van der Waals surface area (Å²) in [6.45, 7) is 0.311. The standard InChI is InChI=1S/C16H17NO4S/c1-20-14-7-8-16-12(10-14)9-13(11-21-16)17-22(18,19)15-5-3-2-4-6-15/h2-8,10,13,17H,9,11H2,1H3/t13-/m1/s1. The van der Waals surface area contributed by atoms with Crippen molar-refractivity contribution in [3.63, 3.8) is 0 Å². The average molecular weight is 319 g/mol. The van der Waals surface area contributed by atoms with Crippen molar-refractivity contribution in [2.75, 3.05) is 13.7 Å². The van der Waals surface area contributed by atoms with Gasteiger partial charge < -0.3 is 9.47 Å². The Bertz CT molecular complexity index is 759. The number of methoxy groups -OCH3 is 1. The van der Waals surface area contributed by atoms with Crippen LogP contribution >= 0.6 is 0 Å². The maximum absolute atomic E-state index is 12.3. The van der Waals surface area contributed by atoms with Gasteiger partial charge in [-0.05, 0) is 42.3 Å². The predicted octanol–water partition coefficient (Wildman–Crippen LogP) is 1.98. The molecule has 0 fully saturated rings. The summed E-state index contributed by atoms with van der Waals surface area (Å²) in [5, 5.41) is 0. The molecule has 0 spiro atoms. The minimum Gasteiger partial charge on any atom is -0.497 e. The van der Waals surface area contributed by atoms with E-state index in [9.17, 15) is 8.42 Å². The highest BCUT2D eigenvalue weighted by Crippen LogP contribution is 2.29. The lowest BCUT2D eigenvalue weighted by molar-refractivity contribution is 0.253. The Labute approximate surface area is 129 Å². The van der Waals surface area contributed by atoms with E-state index in [1.807, 2.05) is 18.2 Å². The minimum atomic E-state index is -3.54. The lowest BCUT2D eigenvalue weighted by atomic mass is 10.0. The summed E-state index contributed by atoms with van der Waals surface area (Å²) in [6.07, 6.45) is 0.568. The van der Waals surface area contributed by atoms with Gasteiger partial charge in [0.1, 0.15) is 18.1 Å². The first-order chi connectivity index (χ1) is 10.6. The number of fused-ring (bicyclic) bond motifs is 1. The van der Waals surface area contributed by atoms with Crippen LogP contribution in [0.1, 0.15) is 5.56 Å². The van der Waals surface area contributed by atoms with Crippen molar-refractivity contribution in [3.8, 4) is 11.5 Å². The SMILES string of the molecule is COc1ccc2c(c1)C[C@@H](NS(=O)(=O)c1ccccc1)CO2. The molecule has 0 saturated heterocycles. The van der Waals surface area contributed by atoms with E-state index in [1.54, 1.807) is 37.4 Å². The van der Waals surface area contributed by atoms with E-state index in [1.165, 1.54) is 0 Å². The van der Waals surface area contributed by atoms with E-state index >= 15 is 0 Å². The first-order valence-electron chi connectivity index (χ1n) is 6.95. The molecule has 1 N–H and O–H groups in total. The molecule has 0 unspecified atom stereocenters. The Morgan fingerprint density at radius 2 is 1.95 bits per heavy atom. The van der Waals surface area contributed by atoms with Crippen LogP contribution < -0.4 is 14.2 Å². The highest BCUT2D eigenvalue weighted by molar-refractivity contribution is 7.89. The normalized spacial score (nSPS) is 17.4. The van der Waals surface area contributed by atoms with E-state index < -0.39 is 10.0 Å². The smallest absolute Gasteiger partial charge is 0.240 e. The molecule has 2 aromatic rings. The molecule has 5 nitrogen and oxygen atoms in total. The van der Waals surface area contributed by atoms with E-state index in [0.717, 1.165) is 17.1 Å². The van der Waals surface area contributed by atoms with Crippen LogP contribution in [0.3, 0.4) is 0 Å². The maximum Gasteiger partial charge on any atom is 0.240 e. The summed E-state index contributed by atoms with van der Waals surface area (Å²) in [5.74, 6) is 1.50. The molecule has 0 amide bonds. The van der Waals surface area contributed by atoms with Crippen LogP contribution in [0.5, 0.6) is 11.5 Å². The number of rotatable bonds is 4. The Kier molecular flexibility index (Phi) is 4.04. The molecule has 0 radical (unpaired) electrons. The Morgan fingerprint density at radius 1 is 1.18 bits per heavy atom. The zero-order valence-corrected chi connectivity index (χ0v) is 13.0. The molecular weight excluding hydrogens is 302 g/mol. The molecule has 3 rings (SSSR count). The van der Waals surface area contributed by atoms with E-state index in [0.29, 0.717) is 13.0 Å². The number of sulfonamides is 1. The van der Waals surface area contributed by atoms with Gasteiger partial charge in [-0.1, -0.05) is 18.2 Å². The number of ether oxygens (including phenoxy) is 2. The Morgan fingerprint density at radius 3 is 2.68 bits per heavy atom. The monoisotopic (exact) mass is 319 g/mol. The van der Waals surface area contributed by atoms with E-state index in [2.05, 4.69) is 4.72 Å². The molecule has 0 aromatic heterocycles. The van der Waals surface area contributed by atoms with Gasteiger partial charge in [0.25, 0.3) is 0 Å². The van der Waals surface area contributed by atoms with Gasteiger partial charge >= 0.3 is 0 Å². The van der Waals surface area contributed by atoms with Crippen molar-refractivity contribution in [2.24, 2.45) is 0 Å². The van der Waals surface area contributed by atoms with E-state index in [-0.39, 0.29) is 10.9 Å². The summed E-state index contributed by atoms with van der Waals surface area (Å²) in [7, 11) is -1.94. The quantitative estimate of drug-likeness (QED) is 0.936. The summed E-state index contributed by atoms with van der Waals surface area (Å²) >= 11 is 0. The number of hydrogen-bond acceptors (Lipinski definition) is 4. The lowest BCUT2D eigenvalue weighted by Gasteiger charge is -2.26. The average Bonchev–Trinajstić information content (AvgIpc) is 2.54. The van der Waals surface area contributed by atoms with Crippen LogP contribution in [0.4, 0.5) is 0 Å². The van der Waals surface area contributed by atoms with Crippen molar-refractivity contribution in [2.45, 2.75) is 17.4 Å². The fourth-order valence-electron chi connectivity index (χ4n) is 2.46. The fraction of sp³-hybridized carbons (Fsp3) is 0.250. The summed E-state index contributed by atoms with van der Waals surface area (Å²) in [5.41, 5.74) is 0.936. The number of hydrogen-bond donors (Lipinski definition) is 1. The van der Waals surface area contributed by atoms with Crippen LogP contribution in [-0.4, -0.2) is 28.2 Å². The van der Waals surface area contributed by atoms with Gasteiger partial charge in [0.2, 0.25) is 10.0 Å². The third-order valence-corrected chi connectivity index (χ3v) is 5.09. The maximum atomic E-state index is 12.3. The molecule has 22 heavy (non-hydrogen) atoms. The molecule has 0 saturated carbocycles. The Balaban J connectivity index is 1.77. The lowest BCUT2D eigenvalue weighted by Crippen LogP contribution is -2.42. The van der Waals surface area contributed by atoms with Crippen molar-refractivity contribution in [1.82, 2.24) is 4.72 Å². The molecule has 1 heterocycles. The number of benzene rings is 2. The highest BCUT2D eigenvalue weighted by Gasteiger charge is 2.25. The van der Waals surface area contributed by atoms with Crippen LogP contribution in [0.15, 0.2) is 53.4 Å². The zero-order valence-electron chi connectivity index (χ0n) is 12.2. The van der Waals surface area contributed by atoms with Crippen molar-refractivity contribution < 1.29 is 17.9 Å². The summed E-state index contributed by atoms with van der Waals surface area (Å²) < 4.78 is 38.2. The largest absolute Gasteiger partial charge is 0.497 e. The highest BCUT2D eigenvalue weighted by atomic mass is 32.2. The molecule has 1 aliphatic heterocycles. The van der Waals surface area contributed by atoms with Crippen LogP contribution in [-0.2, 0) is 16.4 Å².